The summed E-state index contributed by atoms with van der Waals surface area (Å²) in [5.41, 5.74) is 8.69. The average molecular weight is 197 g/mol. The molecular formula is C10H19N3O. The topological polar surface area (TPSA) is 64.1 Å². The van der Waals surface area contributed by atoms with Crippen LogP contribution in [0.5, 0.6) is 0 Å². The highest BCUT2D eigenvalue weighted by Gasteiger charge is 2.13. The summed E-state index contributed by atoms with van der Waals surface area (Å²) in [5, 5.41) is 13.7. The molecule has 4 nitrogen and oxygen atoms in total. The van der Waals surface area contributed by atoms with Crippen molar-refractivity contribution >= 4 is 5.69 Å². The van der Waals surface area contributed by atoms with Crippen LogP contribution in [0.4, 0.5) is 5.69 Å². The molecule has 0 spiro atoms. The second-order valence-electron chi connectivity index (χ2n) is 3.55. The van der Waals surface area contributed by atoms with Crippen molar-refractivity contribution < 1.29 is 5.11 Å². The Kier molecular flexibility index (Phi) is 3.52. The van der Waals surface area contributed by atoms with Gasteiger partial charge in [0.25, 0.3) is 0 Å². The molecule has 1 rings (SSSR count). The van der Waals surface area contributed by atoms with Crippen LogP contribution >= 0.6 is 0 Å². The van der Waals surface area contributed by atoms with E-state index in [0.717, 1.165) is 29.9 Å². The van der Waals surface area contributed by atoms with Crippen LogP contribution in [0, 0.1) is 0 Å². The molecule has 80 valence electrons. The smallest absolute Gasteiger partial charge is 0.0854 e. The zero-order chi connectivity index (χ0) is 10.7. The van der Waals surface area contributed by atoms with Crippen LogP contribution < -0.4 is 5.73 Å². The molecule has 1 aromatic rings. The maximum absolute atomic E-state index is 9.30. The molecule has 1 aromatic heterocycles. The summed E-state index contributed by atoms with van der Waals surface area (Å²) in [4.78, 5) is 0. The van der Waals surface area contributed by atoms with Gasteiger partial charge >= 0.3 is 0 Å². The van der Waals surface area contributed by atoms with Crippen molar-refractivity contribution in [2.45, 2.75) is 46.3 Å². The minimum Gasteiger partial charge on any atom is -0.396 e. The van der Waals surface area contributed by atoms with Crippen LogP contribution in [0.3, 0.4) is 0 Å². The summed E-state index contributed by atoms with van der Waals surface area (Å²) in [7, 11) is 0. The van der Waals surface area contributed by atoms with E-state index >= 15 is 0 Å². The number of nitrogens with zero attached hydrogens (tertiary/aromatic N) is 2. The summed E-state index contributed by atoms with van der Waals surface area (Å²) in [5.74, 6) is 0. The molecule has 4 heteroatoms. The zero-order valence-corrected chi connectivity index (χ0v) is 9.12. The number of hydrogen-bond acceptors (Lipinski definition) is 3. The van der Waals surface area contributed by atoms with Gasteiger partial charge in [-0.3, -0.25) is 4.68 Å². The molecule has 1 heterocycles. The SMILES string of the molecule is CCc1nn(CC(C)O)c(CC)c1N. The van der Waals surface area contributed by atoms with Crippen molar-refractivity contribution in [1.82, 2.24) is 9.78 Å². The van der Waals surface area contributed by atoms with Gasteiger partial charge in [0.1, 0.15) is 0 Å². The van der Waals surface area contributed by atoms with Gasteiger partial charge in [-0.15, -0.1) is 0 Å². The van der Waals surface area contributed by atoms with E-state index in [1.807, 2.05) is 18.5 Å². The second kappa shape index (κ2) is 4.46. The van der Waals surface area contributed by atoms with Crippen molar-refractivity contribution in [3.63, 3.8) is 0 Å². The minimum absolute atomic E-state index is 0.385. The Morgan fingerprint density at radius 2 is 2.07 bits per heavy atom. The van der Waals surface area contributed by atoms with Gasteiger partial charge in [-0.25, -0.2) is 0 Å². The van der Waals surface area contributed by atoms with Crippen molar-refractivity contribution in [3.8, 4) is 0 Å². The Balaban J connectivity index is 3.02. The van der Waals surface area contributed by atoms with E-state index < -0.39 is 0 Å². The third-order valence-electron chi connectivity index (χ3n) is 2.28. The highest BCUT2D eigenvalue weighted by molar-refractivity contribution is 5.48. The largest absolute Gasteiger partial charge is 0.396 e. The lowest BCUT2D eigenvalue weighted by molar-refractivity contribution is 0.167. The molecule has 0 radical (unpaired) electrons. The molecule has 0 aromatic carbocycles. The fraction of sp³-hybridized carbons (Fsp3) is 0.700. The van der Waals surface area contributed by atoms with E-state index in [4.69, 9.17) is 5.73 Å². The van der Waals surface area contributed by atoms with E-state index in [0.29, 0.717) is 6.54 Å². The van der Waals surface area contributed by atoms with Gasteiger partial charge in [0.2, 0.25) is 0 Å². The van der Waals surface area contributed by atoms with Crippen LogP contribution in [-0.4, -0.2) is 21.0 Å². The molecule has 0 fully saturated rings. The van der Waals surface area contributed by atoms with Crippen molar-refractivity contribution in [3.05, 3.63) is 11.4 Å². The third kappa shape index (κ3) is 2.07. The first-order valence-corrected chi connectivity index (χ1v) is 5.12. The van der Waals surface area contributed by atoms with Crippen LogP contribution in [0.1, 0.15) is 32.2 Å². The minimum atomic E-state index is -0.385. The molecule has 0 aliphatic carbocycles. The first-order chi connectivity index (χ1) is 6.60. The first kappa shape index (κ1) is 11.0. The van der Waals surface area contributed by atoms with E-state index in [-0.39, 0.29) is 6.10 Å². The van der Waals surface area contributed by atoms with Gasteiger partial charge < -0.3 is 10.8 Å². The fourth-order valence-electron chi connectivity index (χ4n) is 1.60. The molecule has 0 amide bonds. The number of aromatic nitrogens is 2. The second-order valence-corrected chi connectivity index (χ2v) is 3.55. The molecule has 0 saturated carbocycles. The van der Waals surface area contributed by atoms with Gasteiger partial charge in [0.15, 0.2) is 0 Å². The molecule has 3 N–H and O–H groups in total. The summed E-state index contributed by atoms with van der Waals surface area (Å²) in [6, 6.07) is 0. The van der Waals surface area contributed by atoms with Crippen LogP contribution in [0.2, 0.25) is 0 Å². The maximum atomic E-state index is 9.30. The Morgan fingerprint density at radius 3 is 2.50 bits per heavy atom. The normalized spacial score (nSPS) is 13.1. The van der Waals surface area contributed by atoms with E-state index in [1.54, 1.807) is 6.92 Å². The van der Waals surface area contributed by atoms with Gasteiger partial charge in [0.05, 0.1) is 29.7 Å². The average Bonchev–Trinajstić information content (AvgIpc) is 2.41. The van der Waals surface area contributed by atoms with E-state index in [2.05, 4.69) is 5.10 Å². The maximum Gasteiger partial charge on any atom is 0.0854 e. The standard InChI is InChI=1S/C10H19N3O/c1-4-8-10(11)9(5-2)13(12-8)6-7(3)14/h7,14H,4-6,11H2,1-3H3. The molecule has 0 bridgehead atoms. The molecular weight excluding hydrogens is 178 g/mol. The highest BCUT2D eigenvalue weighted by atomic mass is 16.3. The Hall–Kier alpha value is -1.03. The predicted octanol–water partition coefficient (Wildman–Crippen LogP) is 0.971. The summed E-state index contributed by atoms with van der Waals surface area (Å²) < 4.78 is 1.82. The van der Waals surface area contributed by atoms with Gasteiger partial charge in [-0.2, -0.15) is 5.10 Å². The van der Waals surface area contributed by atoms with E-state index in [9.17, 15) is 5.11 Å². The molecule has 1 unspecified atom stereocenters. The van der Waals surface area contributed by atoms with Crippen molar-refractivity contribution in [2.75, 3.05) is 5.73 Å². The fourth-order valence-corrected chi connectivity index (χ4v) is 1.60. The van der Waals surface area contributed by atoms with Crippen LogP contribution in [0.25, 0.3) is 0 Å². The Morgan fingerprint density at radius 1 is 1.43 bits per heavy atom. The summed E-state index contributed by atoms with van der Waals surface area (Å²) >= 11 is 0. The molecule has 1 atom stereocenters. The molecule has 0 saturated heterocycles. The van der Waals surface area contributed by atoms with Crippen molar-refractivity contribution in [2.24, 2.45) is 0 Å². The number of aliphatic hydroxyl groups is 1. The number of nitrogen functional groups attached to an aromatic ring is 1. The first-order valence-electron chi connectivity index (χ1n) is 5.12. The molecule has 14 heavy (non-hydrogen) atoms. The number of anilines is 1. The zero-order valence-electron chi connectivity index (χ0n) is 9.12. The monoisotopic (exact) mass is 197 g/mol. The van der Waals surface area contributed by atoms with Crippen molar-refractivity contribution in [1.29, 1.82) is 0 Å². The lowest BCUT2D eigenvalue weighted by atomic mass is 10.2. The van der Waals surface area contributed by atoms with Gasteiger partial charge in [-0.1, -0.05) is 13.8 Å². The predicted molar refractivity (Wildman–Crippen MR) is 57.1 cm³/mol. The Labute approximate surface area is 84.7 Å². The highest BCUT2D eigenvalue weighted by Crippen LogP contribution is 2.18. The van der Waals surface area contributed by atoms with Gasteiger partial charge in [0, 0.05) is 0 Å². The number of aliphatic hydroxyl groups excluding tert-OH is 1. The molecule has 0 aliphatic heterocycles. The number of nitrogens with two attached hydrogens (primary N) is 1. The van der Waals surface area contributed by atoms with E-state index in [1.165, 1.54) is 0 Å². The van der Waals surface area contributed by atoms with Crippen LogP contribution in [-0.2, 0) is 19.4 Å². The lowest BCUT2D eigenvalue weighted by Gasteiger charge is -2.07. The summed E-state index contributed by atoms with van der Waals surface area (Å²) in [6.07, 6.45) is 1.31. The molecule has 0 aliphatic rings. The van der Waals surface area contributed by atoms with Gasteiger partial charge in [-0.05, 0) is 19.8 Å². The lowest BCUT2D eigenvalue weighted by Crippen LogP contribution is -2.15. The number of rotatable bonds is 4. The quantitative estimate of drug-likeness (QED) is 0.756. The summed E-state index contributed by atoms with van der Waals surface area (Å²) in [6.45, 7) is 6.35. The number of hydrogen-bond donors (Lipinski definition) is 2. The van der Waals surface area contributed by atoms with Crippen LogP contribution in [0.15, 0.2) is 0 Å². The third-order valence-corrected chi connectivity index (χ3v) is 2.28. The Bertz CT molecular complexity index is 305. The number of aryl methyl sites for hydroxylation is 1.